The molecule has 0 aliphatic rings. The van der Waals surface area contributed by atoms with Crippen molar-refractivity contribution in [2.45, 2.75) is 0 Å². The van der Waals surface area contributed by atoms with Crippen molar-refractivity contribution < 1.29 is 14.6 Å². The maximum Gasteiger partial charge on any atom is 0.353 e. The van der Waals surface area contributed by atoms with Gasteiger partial charge in [-0.2, -0.15) is 0 Å². The molecular formula is C17H14N2O4. The molecule has 0 bridgehead atoms. The van der Waals surface area contributed by atoms with Crippen molar-refractivity contribution in [3.05, 3.63) is 58.6 Å². The number of benzene rings is 1. The normalized spacial score (nSPS) is 10.7. The molecule has 0 fully saturated rings. The number of rotatable bonds is 3. The van der Waals surface area contributed by atoms with Gasteiger partial charge in [0.1, 0.15) is 17.0 Å². The summed E-state index contributed by atoms with van der Waals surface area (Å²) >= 11 is 0. The van der Waals surface area contributed by atoms with E-state index in [-0.39, 0.29) is 11.2 Å². The van der Waals surface area contributed by atoms with Crippen molar-refractivity contribution in [3.63, 3.8) is 0 Å². The van der Waals surface area contributed by atoms with Crippen LogP contribution >= 0.6 is 0 Å². The number of fused-ring (bicyclic) bond motifs is 1. The number of carboxylic acids is 1. The van der Waals surface area contributed by atoms with Gasteiger partial charge in [-0.25, -0.2) is 4.79 Å². The molecule has 3 rings (SSSR count). The van der Waals surface area contributed by atoms with E-state index in [0.717, 1.165) is 4.57 Å². The maximum atomic E-state index is 12.4. The lowest BCUT2D eigenvalue weighted by atomic mass is 9.98. The third-order valence-electron chi connectivity index (χ3n) is 3.74. The Hall–Kier alpha value is -3.15. The van der Waals surface area contributed by atoms with Gasteiger partial charge in [0.05, 0.1) is 7.11 Å². The molecule has 116 valence electrons. The number of hydrogen-bond acceptors (Lipinski definition) is 4. The first-order chi connectivity index (χ1) is 11.0. The van der Waals surface area contributed by atoms with Crippen molar-refractivity contribution >= 4 is 16.9 Å². The Morgan fingerprint density at radius 1 is 1.22 bits per heavy atom. The van der Waals surface area contributed by atoms with Crippen molar-refractivity contribution in [1.82, 2.24) is 9.55 Å². The quantitative estimate of drug-likeness (QED) is 0.803. The average Bonchev–Trinajstić information content (AvgIpc) is 2.57. The maximum absolute atomic E-state index is 12.4. The molecular weight excluding hydrogens is 296 g/mol. The van der Waals surface area contributed by atoms with Crippen LogP contribution in [0, 0.1) is 0 Å². The lowest BCUT2D eigenvalue weighted by Crippen LogP contribution is -2.25. The third-order valence-corrected chi connectivity index (χ3v) is 3.74. The molecule has 3 aromatic rings. The van der Waals surface area contributed by atoms with Crippen molar-refractivity contribution in [3.8, 4) is 16.9 Å². The molecule has 0 saturated carbocycles. The summed E-state index contributed by atoms with van der Waals surface area (Å²) in [6.45, 7) is 0. The second-order valence-electron chi connectivity index (χ2n) is 5.02. The number of pyridine rings is 2. The fraction of sp³-hybridized carbons (Fsp3) is 0.118. The van der Waals surface area contributed by atoms with E-state index in [1.807, 2.05) is 0 Å². The van der Waals surface area contributed by atoms with E-state index in [2.05, 4.69) is 4.98 Å². The van der Waals surface area contributed by atoms with Crippen LogP contribution in [-0.2, 0) is 7.05 Å². The lowest BCUT2D eigenvalue weighted by molar-refractivity contribution is 0.0686. The van der Waals surface area contributed by atoms with E-state index < -0.39 is 11.5 Å². The Morgan fingerprint density at radius 2 is 1.91 bits per heavy atom. The van der Waals surface area contributed by atoms with Crippen molar-refractivity contribution in [1.29, 1.82) is 0 Å². The number of methoxy groups -OCH3 is 1. The molecule has 1 aromatic carbocycles. The molecule has 0 saturated heterocycles. The summed E-state index contributed by atoms with van der Waals surface area (Å²) in [5.74, 6) is -0.501. The fourth-order valence-corrected chi connectivity index (χ4v) is 2.63. The molecule has 6 heteroatoms. The highest BCUT2D eigenvalue weighted by Gasteiger charge is 2.21. The van der Waals surface area contributed by atoms with Gasteiger partial charge in [0, 0.05) is 24.2 Å². The van der Waals surface area contributed by atoms with Gasteiger partial charge in [0.25, 0.3) is 5.56 Å². The average molecular weight is 310 g/mol. The van der Waals surface area contributed by atoms with Gasteiger partial charge in [-0.05, 0) is 23.8 Å². The van der Waals surface area contributed by atoms with E-state index >= 15 is 0 Å². The highest BCUT2D eigenvalue weighted by molar-refractivity contribution is 6.05. The summed E-state index contributed by atoms with van der Waals surface area (Å²) in [5, 5.41) is 10.1. The monoisotopic (exact) mass is 310 g/mol. The van der Waals surface area contributed by atoms with Crippen LogP contribution in [0.2, 0.25) is 0 Å². The molecule has 0 amide bonds. The van der Waals surface area contributed by atoms with E-state index in [1.54, 1.807) is 43.5 Å². The van der Waals surface area contributed by atoms with Gasteiger partial charge in [0.2, 0.25) is 0 Å². The number of aromatic carboxylic acids is 1. The molecule has 0 spiro atoms. The topological polar surface area (TPSA) is 81.4 Å². The van der Waals surface area contributed by atoms with Crippen LogP contribution in [0.25, 0.3) is 22.0 Å². The molecule has 0 aliphatic heterocycles. The van der Waals surface area contributed by atoms with Crippen LogP contribution in [-0.4, -0.2) is 27.7 Å². The van der Waals surface area contributed by atoms with E-state index in [9.17, 15) is 14.7 Å². The molecule has 2 aromatic heterocycles. The van der Waals surface area contributed by atoms with Gasteiger partial charge >= 0.3 is 5.97 Å². The molecule has 1 N–H and O–H groups in total. The predicted molar refractivity (Wildman–Crippen MR) is 85.9 cm³/mol. The summed E-state index contributed by atoms with van der Waals surface area (Å²) < 4.78 is 6.25. The first-order valence-electron chi connectivity index (χ1n) is 6.90. The molecule has 0 radical (unpaired) electrons. The number of ether oxygens (including phenoxy) is 1. The minimum Gasteiger partial charge on any atom is -0.497 e. The SMILES string of the molecule is COc1ccc(-c2c(C(=O)O)n(C)c(=O)c3ncccc23)cc1. The zero-order valence-electron chi connectivity index (χ0n) is 12.6. The van der Waals surface area contributed by atoms with Crippen LogP contribution in [0.3, 0.4) is 0 Å². The van der Waals surface area contributed by atoms with Gasteiger partial charge in [-0.1, -0.05) is 18.2 Å². The number of carbonyl (C=O) groups is 1. The Balaban J connectivity index is 2.46. The zero-order valence-corrected chi connectivity index (χ0v) is 12.6. The highest BCUT2D eigenvalue weighted by Crippen LogP contribution is 2.30. The van der Waals surface area contributed by atoms with Gasteiger partial charge in [-0.3, -0.25) is 9.78 Å². The first kappa shape index (κ1) is 14.8. The van der Waals surface area contributed by atoms with Gasteiger partial charge < -0.3 is 14.4 Å². The smallest absolute Gasteiger partial charge is 0.353 e. The van der Waals surface area contributed by atoms with Crippen molar-refractivity contribution in [2.24, 2.45) is 7.05 Å². The van der Waals surface area contributed by atoms with Crippen LogP contribution in [0.5, 0.6) is 5.75 Å². The molecule has 0 atom stereocenters. The van der Waals surface area contributed by atoms with E-state index in [4.69, 9.17) is 4.74 Å². The summed E-state index contributed by atoms with van der Waals surface area (Å²) in [6.07, 6.45) is 1.52. The number of aromatic nitrogens is 2. The van der Waals surface area contributed by atoms with Gasteiger partial charge in [-0.15, -0.1) is 0 Å². The fourth-order valence-electron chi connectivity index (χ4n) is 2.63. The third kappa shape index (κ3) is 2.34. The molecule has 0 aliphatic carbocycles. The predicted octanol–water partition coefficient (Wildman–Crippen LogP) is 2.31. The van der Waals surface area contributed by atoms with Crippen LogP contribution in [0.15, 0.2) is 47.4 Å². The van der Waals surface area contributed by atoms with E-state index in [0.29, 0.717) is 22.3 Å². The summed E-state index contributed by atoms with van der Waals surface area (Å²) in [6, 6.07) is 10.4. The van der Waals surface area contributed by atoms with E-state index in [1.165, 1.54) is 13.2 Å². The minimum absolute atomic E-state index is 0.0688. The Morgan fingerprint density at radius 3 is 2.52 bits per heavy atom. The lowest BCUT2D eigenvalue weighted by Gasteiger charge is -2.14. The molecule has 6 nitrogen and oxygen atoms in total. The summed E-state index contributed by atoms with van der Waals surface area (Å²) in [7, 11) is 3.00. The van der Waals surface area contributed by atoms with Crippen molar-refractivity contribution in [2.75, 3.05) is 7.11 Å². The summed E-state index contributed by atoms with van der Waals surface area (Å²) in [4.78, 5) is 28.2. The number of nitrogens with zero attached hydrogens (tertiary/aromatic N) is 2. The Labute approximate surface area is 131 Å². The molecule has 2 heterocycles. The molecule has 0 unspecified atom stereocenters. The molecule has 23 heavy (non-hydrogen) atoms. The van der Waals surface area contributed by atoms with Crippen LogP contribution in [0.1, 0.15) is 10.5 Å². The minimum atomic E-state index is -1.17. The summed E-state index contributed by atoms with van der Waals surface area (Å²) in [5.41, 5.74) is 0.879. The van der Waals surface area contributed by atoms with Crippen LogP contribution < -0.4 is 10.3 Å². The Bertz CT molecular complexity index is 959. The van der Waals surface area contributed by atoms with Crippen LogP contribution in [0.4, 0.5) is 0 Å². The second-order valence-corrected chi connectivity index (χ2v) is 5.02. The first-order valence-corrected chi connectivity index (χ1v) is 6.90. The second kappa shape index (κ2) is 5.57. The van der Waals surface area contributed by atoms with Gasteiger partial charge in [0.15, 0.2) is 0 Å². The zero-order chi connectivity index (χ0) is 16.6. The Kier molecular flexibility index (Phi) is 3.57. The standard InChI is InChI=1S/C17H14N2O4/c1-19-15(17(21)22)13(10-5-7-11(23-2)8-6-10)12-4-3-9-18-14(12)16(19)20/h3-9H,1-2H3,(H,21,22). The highest BCUT2D eigenvalue weighted by atomic mass is 16.5. The number of hydrogen-bond donors (Lipinski definition) is 1. The largest absolute Gasteiger partial charge is 0.497 e. The number of carboxylic acid groups (broad SMARTS) is 1.